The molecular weight excluding hydrogens is 371 g/mol. The molecule has 2 heterocycles. The first kappa shape index (κ1) is 18.2. The van der Waals surface area contributed by atoms with Crippen LogP contribution in [0.4, 0.5) is 18.9 Å². The molecule has 4 rings (SSSR count). The summed E-state index contributed by atoms with van der Waals surface area (Å²) < 4.78 is 45.3. The molecule has 0 spiro atoms. The third kappa shape index (κ3) is 3.26. The fourth-order valence-electron chi connectivity index (χ4n) is 3.43. The molecule has 1 aliphatic rings. The average Bonchev–Trinajstić information content (AvgIpc) is 3.12. The van der Waals surface area contributed by atoms with Crippen LogP contribution < -0.4 is 4.90 Å². The van der Waals surface area contributed by atoms with Crippen LogP contribution in [0.3, 0.4) is 0 Å². The predicted octanol–water partition coefficient (Wildman–Crippen LogP) is 4.66. The van der Waals surface area contributed by atoms with Crippen LogP contribution in [0, 0.1) is 6.92 Å². The third-order valence-electron chi connectivity index (χ3n) is 4.71. The Morgan fingerprint density at radius 1 is 1.11 bits per heavy atom. The average molecular weight is 387 g/mol. The van der Waals surface area contributed by atoms with Gasteiger partial charge in [-0.15, -0.1) is 10.2 Å². The van der Waals surface area contributed by atoms with Crippen molar-refractivity contribution < 1.29 is 22.4 Å². The Morgan fingerprint density at radius 2 is 1.86 bits per heavy atom. The number of benzene rings is 2. The van der Waals surface area contributed by atoms with Crippen molar-refractivity contribution in [3.8, 4) is 11.5 Å². The van der Waals surface area contributed by atoms with E-state index in [1.807, 2.05) is 0 Å². The molecule has 5 nitrogen and oxygen atoms in total. The molecule has 0 unspecified atom stereocenters. The number of amides is 1. The summed E-state index contributed by atoms with van der Waals surface area (Å²) in [6, 6.07) is 10.5. The highest BCUT2D eigenvalue weighted by atomic mass is 19.4. The first-order chi connectivity index (χ1) is 13.3. The molecule has 1 amide bonds. The van der Waals surface area contributed by atoms with Gasteiger partial charge in [0.05, 0.1) is 5.56 Å². The van der Waals surface area contributed by atoms with Gasteiger partial charge in [0.2, 0.25) is 11.8 Å². The maximum atomic E-state index is 13.3. The lowest BCUT2D eigenvalue weighted by Crippen LogP contribution is -2.36. The number of fused-ring (bicyclic) bond motifs is 1. The number of rotatable bonds is 2. The number of halogens is 3. The zero-order valence-electron chi connectivity index (χ0n) is 15.0. The van der Waals surface area contributed by atoms with Crippen LogP contribution in [0.2, 0.25) is 0 Å². The van der Waals surface area contributed by atoms with Crippen LogP contribution in [0.15, 0.2) is 46.9 Å². The van der Waals surface area contributed by atoms with E-state index in [1.54, 1.807) is 37.3 Å². The smallest absolute Gasteiger partial charge is 0.416 e. The van der Waals surface area contributed by atoms with E-state index >= 15 is 0 Å². The molecule has 0 N–H and O–H groups in total. The minimum Gasteiger partial charge on any atom is -0.421 e. The second-order valence-electron chi connectivity index (χ2n) is 6.56. The third-order valence-corrected chi connectivity index (χ3v) is 4.71. The van der Waals surface area contributed by atoms with Crippen molar-refractivity contribution in [2.75, 3.05) is 11.4 Å². The van der Waals surface area contributed by atoms with Crippen molar-refractivity contribution >= 4 is 11.6 Å². The SMILES string of the molecule is Cc1nnc(-c2ccc(C(=O)N3CCCc4c3cccc4C(F)(F)F)cc2)o1. The highest BCUT2D eigenvalue weighted by Crippen LogP contribution is 2.39. The number of hydrogen-bond donors (Lipinski definition) is 0. The second-order valence-corrected chi connectivity index (χ2v) is 6.56. The van der Waals surface area contributed by atoms with Gasteiger partial charge in [0.1, 0.15) is 0 Å². The van der Waals surface area contributed by atoms with Crippen molar-refractivity contribution in [2.45, 2.75) is 25.9 Å². The number of carbonyl (C=O) groups is 1. The summed E-state index contributed by atoms with van der Waals surface area (Å²) in [7, 11) is 0. The lowest BCUT2D eigenvalue weighted by molar-refractivity contribution is -0.138. The molecule has 0 radical (unpaired) electrons. The first-order valence-electron chi connectivity index (χ1n) is 8.76. The summed E-state index contributed by atoms with van der Waals surface area (Å²) in [6.45, 7) is 2.05. The topological polar surface area (TPSA) is 59.2 Å². The number of alkyl halides is 3. The minimum atomic E-state index is -4.44. The van der Waals surface area contributed by atoms with E-state index in [0.29, 0.717) is 48.0 Å². The molecule has 0 saturated heterocycles. The summed E-state index contributed by atoms with van der Waals surface area (Å²) in [5.74, 6) is 0.434. The Hall–Kier alpha value is -3.16. The number of nitrogens with zero attached hydrogens (tertiary/aromatic N) is 3. The molecule has 2 aromatic carbocycles. The maximum absolute atomic E-state index is 13.3. The van der Waals surface area contributed by atoms with Crippen molar-refractivity contribution in [1.29, 1.82) is 0 Å². The van der Waals surface area contributed by atoms with Gasteiger partial charge in [-0.2, -0.15) is 13.2 Å². The largest absolute Gasteiger partial charge is 0.421 e. The van der Waals surface area contributed by atoms with Gasteiger partial charge in [0.15, 0.2) is 0 Å². The van der Waals surface area contributed by atoms with Gasteiger partial charge in [-0.25, -0.2) is 0 Å². The Balaban J connectivity index is 1.65. The maximum Gasteiger partial charge on any atom is 0.416 e. The quantitative estimate of drug-likeness (QED) is 0.642. The van der Waals surface area contributed by atoms with E-state index in [2.05, 4.69) is 10.2 Å². The number of aromatic nitrogens is 2. The summed E-state index contributed by atoms with van der Waals surface area (Å²) in [4.78, 5) is 14.4. The van der Waals surface area contributed by atoms with Gasteiger partial charge >= 0.3 is 6.18 Å². The van der Waals surface area contributed by atoms with Crippen LogP contribution in [-0.4, -0.2) is 22.6 Å². The van der Waals surface area contributed by atoms with Crippen molar-refractivity contribution in [1.82, 2.24) is 10.2 Å². The summed E-state index contributed by atoms with van der Waals surface area (Å²) in [5, 5.41) is 7.69. The van der Waals surface area contributed by atoms with Gasteiger partial charge < -0.3 is 9.32 Å². The molecule has 8 heteroatoms. The zero-order valence-corrected chi connectivity index (χ0v) is 15.0. The predicted molar refractivity (Wildman–Crippen MR) is 95.9 cm³/mol. The molecular formula is C20H16F3N3O2. The lowest BCUT2D eigenvalue weighted by Gasteiger charge is -2.31. The van der Waals surface area contributed by atoms with Crippen LogP contribution in [0.1, 0.15) is 33.8 Å². The molecule has 0 saturated carbocycles. The molecule has 1 aromatic heterocycles. The van der Waals surface area contributed by atoms with Gasteiger partial charge in [-0.3, -0.25) is 4.79 Å². The number of carbonyl (C=O) groups excluding carboxylic acids is 1. The lowest BCUT2D eigenvalue weighted by atomic mass is 9.95. The second kappa shape index (κ2) is 6.78. The Bertz CT molecular complexity index is 1030. The van der Waals surface area contributed by atoms with Crippen LogP contribution in [-0.2, 0) is 12.6 Å². The van der Waals surface area contributed by atoms with Gasteiger partial charge in [0, 0.05) is 30.3 Å². The zero-order chi connectivity index (χ0) is 19.9. The molecule has 3 aromatic rings. The van der Waals surface area contributed by atoms with Crippen molar-refractivity contribution in [3.63, 3.8) is 0 Å². The minimum absolute atomic E-state index is 0.174. The van der Waals surface area contributed by atoms with Gasteiger partial charge in [-0.1, -0.05) is 6.07 Å². The monoisotopic (exact) mass is 387 g/mol. The molecule has 0 aliphatic carbocycles. The van der Waals surface area contributed by atoms with Crippen molar-refractivity contribution in [2.24, 2.45) is 0 Å². The molecule has 1 aliphatic heterocycles. The first-order valence-corrected chi connectivity index (χ1v) is 8.76. The van der Waals surface area contributed by atoms with Gasteiger partial charge in [-0.05, 0) is 54.8 Å². The highest BCUT2D eigenvalue weighted by Gasteiger charge is 2.36. The fourth-order valence-corrected chi connectivity index (χ4v) is 3.43. The highest BCUT2D eigenvalue weighted by molar-refractivity contribution is 6.07. The van der Waals surface area contributed by atoms with Gasteiger partial charge in [0.25, 0.3) is 5.91 Å². The van der Waals surface area contributed by atoms with E-state index in [1.165, 1.54) is 11.0 Å². The Kier molecular flexibility index (Phi) is 4.41. The summed E-state index contributed by atoms with van der Waals surface area (Å²) in [5.41, 5.74) is 0.862. The van der Waals surface area contributed by atoms with E-state index in [0.717, 1.165) is 6.07 Å². The van der Waals surface area contributed by atoms with E-state index in [4.69, 9.17) is 4.42 Å². The molecule has 0 bridgehead atoms. The Labute approximate surface area is 158 Å². The van der Waals surface area contributed by atoms with Crippen LogP contribution >= 0.6 is 0 Å². The Morgan fingerprint density at radius 3 is 2.50 bits per heavy atom. The molecule has 28 heavy (non-hydrogen) atoms. The number of aryl methyl sites for hydroxylation is 1. The molecule has 144 valence electrons. The summed E-state index contributed by atoms with van der Waals surface area (Å²) in [6.07, 6.45) is -3.67. The van der Waals surface area contributed by atoms with Crippen LogP contribution in [0.5, 0.6) is 0 Å². The summed E-state index contributed by atoms with van der Waals surface area (Å²) >= 11 is 0. The van der Waals surface area contributed by atoms with Crippen LogP contribution in [0.25, 0.3) is 11.5 Å². The normalized spacial score (nSPS) is 14.1. The molecule has 0 atom stereocenters. The number of anilines is 1. The van der Waals surface area contributed by atoms with Crippen molar-refractivity contribution in [3.05, 3.63) is 65.0 Å². The molecule has 0 fully saturated rings. The number of hydrogen-bond acceptors (Lipinski definition) is 4. The van der Waals surface area contributed by atoms with E-state index < -0.39 is 11.7 Å². The fraction of sp³-hybridized carbons (Fsp3) is 0.250. The standard InChI is InChI=1S/C20H16F3N3O2/c1-12-24-25-18(28-12)13-7-9-14(10-8-13)19(27)26-11-3-4-15-16(20(21,22)23)5-2-6-17(15)26/h2,5-10H,3-4,11H2,1H3. The van der Waals surface area contributed by atoms with E-state index in [-0.39, 0.29) is 11.5 Å². The van der Waals surface area contributed by atoms with E-state index in [9.17, 15) is 18.0 Å².